The quantitative estimate of drug-likeness (QED) is 0.687. The van der Waals surface area contributed by atoms with Gasteiger partial charge < -0.3 is 15.2 Å². The largest absolute Gasteiger partial charge is 0.335 e. The van der Waals surface area contributed by atoms with E-state index in [4.69, 9.17) is 5.26 Å². The second-order valence-corrected chi connectivity index (χ2v) is 8.84. The zero-order valence-electron chi connectivity index (χ0n) is 17.9. The van der Waals surface area contributed by atoms with E-state index in [2.05, 4.69) is 46.3 Å². The highest BCUT2D eigenvalue weighted by Crippen LogP contribution is 2.39. The number of carbonyl (C=O) groups is 1. The molecule has 1 aliphatic heterocycles. The Morgan fingerprint density at radius 3 is 2.93 bits per heavy atom. The predicted molar refractivity (Wildman–Crippen MR) is 119 cm³/mol. The minimum Gasteiger partial charge on any atom is -0.335 e. The molecule has 6 heteroatoms. The number of piperidine rings is 1. The number of fused-ring (bicyclic) bond motifs is 1. The fourth-order valence-corrected chi connectivity index (χ4v) is 4.54. The number of hydrogen-bond donors (Lipinski definition) is 2. The van der Waals surface area contributed by atoms with Gasteiger partial charge in [0.1, 0.15) is 5.65 Å². The maximum Gasteiger partial charge on any atom is 0.255 e. The van der Waals surface area contributed by atoms with E-state index in [1.807, 2.05) is 14.0 Å². The van der Waals surface area contributed by atoms with Crippen LogP contribution < -0.4 is 10.6 Å². The highest BCUT2D eigenvalue weighted by molar-refractivity contribution is 6.06. The van der Waals surface area contributed by atoms with E-state index in [-0.39, 0.29) is 11.4 Å². The lowest BCUT2D eigenvalue weighted by Gasteiger charge is -2.36. The number of carbonyl (C=O) groups excluding carboxylic acids is 1. The topological polar surface area (TPSA) is 82.7 Å². The minimum atomic E-state index is -0.239. The third-order valence-electron chi connectivity index (χ3n) is 6.07. The molecule has 1 fully saturated rings. The van der Waals surface area contributed by atoms with Gasteiger partial charge in [0.05, 0.1) is 23.5 Å². The summed E-state index contributed by atoms with van der Waals surface area (Å²) in [6.07, 6.45) is 6.06. The van der Waals surface area contributed by atoms with Crippen LogP contribution in [-0.4, -0.2) is 27.5 Å². The molecule has 1 unspecified atom stereocenters. The summed E-state index contributed by atoms with van der Waals surface area (Å²) >= 11 is 0. The van der Waals surface area contributed by atoms with Crippen LogP contribution in [0.25, 0.3) is 11.0 Å². The molecule has 0 saturated carbocycles. The summed E-state index contributed by atoms with van der Waals surface area (Å²) in [5.41, 5.74) is 4.99. The summed E-state index contributed by atoms with van der Waals surface area (Å²) in [4.78, 5) is 17.4. The molecule has 3 aromatic rings. The molecule has 0 aliphatic carbocycles. The average molecular weight is 402 g/mol. The van der Waals surface area contributed by atoms with Crippen molar-refractivity contribution in [1.82, 2.24) is 14.9 Å². The second-order valence-electron chi connectivity index (χ2n) is 8.84. The Morgan fingerprint density at radius 2 is 2.20 bits per heavy atom. The first-order valence-corrected chi connectivity index (χ1v) is 10.3. The number of anilines is 1. The standard InChI is InChI=1S/C24H27N5O/c1-15-20(28-23(30)17-7-5-6-16(10-17)12-25)13-26-22-21(15)19(14-29(22)4)18-8-9-27-24(2,3)11-18/h5-7,10,13-14,18,27H,8-9,11H2,1-4H3,(H,28,30). The van der Waals surface area contributed by atoms with Gasteiger partial charge in [0.2, 0.25) is 0 Å². The molecule has 1 aliphatic rings. The third kappa shape index (κ3) is 3.69. The first kappa shape index (κ1) is 20.1. The van der Waals surface area contributed by atoms with Gasteiger partial charge in [-0.2, -0.15) is 5.26 Å². The van der Waals surface area contributed by atoms with Gasteiger partial charge >= 0.3 is 0 Å². The monoisotopic (exact) mass is 401 g/mol. The van der Waals surface area contributed by atoms with Crippen molar-refractivity contribution in [2.24, 2.45) is 7.05 Å². The van der Waals surface area contributed by atoms with Crippen molar-refractivity contribution in [1.29, 1.82) is 5.26 Å². The molecular formula is C24H27N5O. The molecule has 0 radical (unpaired) electrons. The summed E-state index contributed by atoms with van der Waals surface area (Å²) in [5.74, 6) is 0.209. The zero-order chi connectivity index (χ0) is 21.5. The van der Waals surface area contributed by atoms with Crippen LogP contribution in [-0.2, 0) is 7.05 Å². The van der Waals surface area contributed by atoms with E-state index >= 15 is 0 Å². The van der Waals surface area contributed by atoms with Crippen LogP contribution in [0.5, 0.6) is 0 Å². The summed E-state index contributed by atoms with van der Waals surface area (Å²) in [6.45, 7) is 7.53. The normalized spacial score (nSPS) is 18.2. The Morgan fingerprint density at radius 1 is 1.40 bits per heavy atom. The highest BCUT2D eigenvalue weighted by atomic mass is 16.1. The van der Waals surface area contributed by atoms with E-state index < -0.39 is 0 Å². The Hall–Kier alpha value is -3.17. The third-order valence-corrected chi connectivity index (χ3v) is 6.07. The van der Waals surface area contributed by atoms with Crippen molar-refractivity contribution < 1.29 is 4.79 Å². The van der Waals surface area contributed by atoms with E-state index in [9.17, 15) is 4.79 Å². The van der Waals surface area contributed by atoms with Crippen LogP contribution in [0.3, 0.4) is 0 Å². The SMILES string of the molecule is Cc1c(NC(=O)c2cccc(C#N)c2)cnc2c1c(C1CCNC(C)(C)C1)cn2C. The van der Waals surface area contributed by atoms with E-state index in [0.717, 1.165) is 36.0 Å². The fraction of sp³-hybridized carbons (Fsp3) is 0.375. The molecule has 0 bridgehead atoms. The lowest BCUT2D eigenvalue weighted by molar-refractivity contribution is 0.102. The van der Waals surface area contributed by atoms with Crippen LogP contribution >= 0.6 is 0 Å². The number of nitriles is 1. The Balaban J connectivity index is 1.71. The molecule has 6 nitrogen and oxygen atoms in total. The summed E-state index contributed by atoms with van der Waals surface area (Å²) in [6, 6.07) is 8.79. The van der Waals surface area contributed by atoms with E-state index in [0.29, 0.717) is 22.7 Å². The molecular weight excluding hydrogens is 374 g/mol. The molecule has 0 spiro atoms. The first-order valence-electron chi connectivity index (χ1n) is 10.3. The maximum atomic E-state index is 12.8. The highest BCUT2D eigenvalue weighted by Gasteiger charge is 2.31. The van der Waals surface area contributed by atoms with Gasteiger partial charge in [0.25, 0.3) is 5.91 Å². The molecule has 154 valence electrons. The molecule has 30 heavy (non-hydrogen) atoms. The van der Waals surface area contributed by atoms with Gasteiger partial charge in [0, 0.05) is 29.7 Å². The molecule has 1 saturated heterocycles. The molecule has 2 aromatic heterocycles. The maximum absolute atomic E-state index is 12.8. The summed E-state index contributed by atoms with van der Waals surface area (Å²) in [7, 11) is 2.02. The first-order chi connectivity index (χ1) is 14.3. The molecule has 1 amide bonds. The number of aryl methyl sites for hydroxylation is 2. The fourth-order valence-electron chi connectivity index (χ4n) is 4.54. The number of nitrogens with one attached hydrogen (secondary N) is 2. The summed E-state index contributed by atoms with van der Waals surface area (Å²) in [5, 5.41) is 16.8. The number of aromatic nitrogens is 2. The molecule has 1 aromatic carbocycles. The average Bonchev–Trinajstić information content (AvgIpc) is 3.06. The predicted octanol–water partition coefficient (Wildman–Crippen LogP) is 4.25. The molecule has 1 atom stereocenters. The van der Waals surface area contributed by atoms with Gasteiger partial charge in [-0.15, -0.1) is 0 Å². The van der Waals surface area contributed by atoms with Gasteiger partial charge in [-0.1, -0.05) is 6.07 Å². The second kappa shape index (κ2) is 7.58. The number of amides is 1. The van der Waals surface area contributed by atoms with E-state index in [1.54, 1.807) is 30.5 Å². The smallest absolute Gasteiger partial charge is 0.255 e. The number of hydrogen-bond acceptors (Lipinski definition) is 4. The van der Waals surface area contributed by atoms with Crippen molar-refractivity contribution >= 4 is 22.6 Å². The zero-order valence-corrected chi connectivity index (χ0v) is 17.9. The van der Waals surface area contributed by atoms with Gasteiger partial charge in [-0.3, -0.25) is 4.79 Å². The van der Waals surface area contributed by atoms with Crippen LogP contribution in [0.2, 0.25) is 0 Å². The molecule has 4 rings (SSSR count). The Labute approximate surface area is 176 Å². The number of rotatable bonds is 3. The van der Waals surface area contributed by atoms with Crippen LogP contribution in [0.15, 0.2) is 36.7 Å². The van der Waals surface area contributed by atoms with Crippen molar-refractivity contribution in [2.45, 2.75) is 45.1 Å². The van der Waals surface area contributed by atoms with Gasteiger partial charge in [0.15, 0.2) is 0 Å². The van der Waals surface area contributed by atoms with Crippen LogP contribution in [0, 0.1) is 18.3 Å². The number of pyridine rings is 1. The Kier molecular flexibility index (Phi) is 5.08. The van der Waals surface area contributed by atoms with Gasteiger partial charge in [-0.05, 0) is 75.4 Å². The van der Waals surface area contributed by atoms with Crippen molar-refractivity contribution in [3.05, 3.63) is 58.9 Å². The lowest BCUT2D eigenvalue weighted by Crippen LogP contribution is -2.45. The van der Waals surface area contributed by atoms with Crippen LogP contribution in [0.1, 0.15) is 59.7 Å². The molecule has 3 heterocycles. The van der Waals surface area contributed by atoms with Gasteiger partial charge in [-0.25, -0.2) is 4.98 Å². The number of nitrogens with zero attached hydrogens (tertiary/aromatic N) is 3. The van der Waals surface area contributed by atoms with Crippen LogP contribution in [0.4, 0.5) is 5.69 Å². The van der Waals surface area contributed by atoms with Crippen molar-refractivity contribution in [3.8, 4) is 6.07 Å². The summed E-state index contributed by atoms with van der Waals surface area (Å²) < 4.78 is 2.08. The number of benzene rings is 1. The minimum absolute atomic E-state index is 0.101. The Bertz CT molecular complexity index is 1170. The van der Waals surface area contributed by atoms with Crippen molar-refractivity contribution in [2.75, 3.05) is 11.9 Å². The molecule has 2 N–H and O–H groups in total. The lowest BCUT2D eigenvalue weighted by atomic mass is 9.80. The van der Waals surface area contributed by atoms with Crippen molar-refractivity contribution in [3.63, 3.8) is 0 Å². The van der Waals surface area contributed by atoms with E-state index in [1.165, 1.54) is 5.56 Å².